The standard InChI is InChI=1S/C11H6BrFN2O/c12-10-2-1-8(3-11(10)13)6-16-7-9(4-14)5-15/h1-3,7H,6H2. The van der Waals surface area contributed by atoms with E-state index in [1.807, 2.05) is 0 Å². The van der Waals surface area contributed by atoms with Crippen LogP contribution in [-0.4, -0.2) is 0 Å². The fraction of sp³-hybridized carbons (Fsp3) is 0.0909. The summed E-state index contributed by atoms with van der Waals surface area (Å²) in [5.74, 6) is -0.383. The van der Waals surface area contributed by atoms with Gasteiger partial charge in [0.1, 0.15) is 30.8 Å². The highest BCUT2D eigenvalue weighted by atomic mass is 79.9. The summed E-state index contributed by atoms with van der Waals surface area (Å²) in [7, 11) is 0. The SMILES string of the molecule is N#CC(C#N)=COCc1ccc(Br)c(F)c1. The first-order valence-electron chi connectivity index (χ1n) is 4.23. The van der Waals surface area contributed by atoms with Crippen molar-refractivity contribution in [2.24, 2.45) is 0 Å². The highest BCUT2D eigenvalue weighted by Crippen LogP contribution is 2.16. The van der Waals surface area contributed by atoms with Gasteiger partial charge < -0.3 is 4.74 Å². The van der Waals surface area contributed by atoms with Crippen LogP contribution in [0.4, 0.5) is 4.39 Å². The second-order valence-electron chi connectivity index (χ2n) is 2.81. The third kappa shape index (κ3) is 3.38. The van der Waals surface area contributed by atoms with E-state index in [4.69, 9.17) is 15.3 Å². The molecule has 3 nitrogen and oxygen atoms in total. The summed E-state index contributed by atoms with van der Waals surface area (Å²) in [5, 5.41) is 16.8. The van der Waals surface area contributed by atoms with Crippen molar-refractivity contribution in [1.29, 1.82) is 10.5 Å². The lowest BCUT2D eigenvalue weighted by atomic mass is 10.2. The van der Waals surface area contributed by atoms with Crippen LogP contribution in [-0.2, 0) is 11.3 Å². The second-order valence-corrected chi connectivity index (χ2v) is 3.67. The van der Waals surface area contributed by atoms with Gasteiger partial charge in [-0.25, -0.2) is 4.39 Å². The van der Waals surface area contributed by atoms with Crippen LogP contribution in [0.3, 0.4) is 0 Å². The molecule has 0 unspecified atom stereocenters. The summed E-state index contributed by atoms with van der Waals surface area (Å²) in [5.41, 5.74) is 0.491. The Balaban J connectivity index is 2.63. The van der Waals surface area contributed by atoms with E-state index >= 15 is 0 Å². The molecule has 0 aliphatic heterocycles. The molecule has 1 aromatic rings. The quantitative estimate of drug-likeness (QED) is 0.632. The van der Waals surface area contributed by atoms with Crippen LogP contribution in [0.15, 0.2) is 34.5 Å². The lowest BCUT2D eigenvalue weighted by Crippen LogP contribution is -1.89. The summed E-state index contributed by atoms with van der Waals surface area (Å²) in [4.78, 5) is 0. The summed E-state index contributed by atoms with van der Waals surface area (Å²) < 4.78 is 18.4. The molecule has 1 aromatic carbocycles. The van der Waals surface area contributed by atoms with Gasteiger partial charge in [-0.05, 0) is 33.6 Å². The van der Waals surface area contributed by atoms with Crippen LogP contribution in [0.1, 0.15) is 5.56 Å². The van der Waals surface area contributed by atoms with E-state index in [1.165, 1.54) is 6.07 Å². The Bertz CT molecular complexity index is 484. The minimum Gasteiger partial charge on any atom is -0.494 e. The van der Waals surface area contributed by atoms with Crippen molar-refractivity contribution in [1.82, 2.24) is 0 Å². The summed E-state index contributed by atoms with van der Waals surface area (Å²) >= 11 is 3.03. The Kier molecular flexibility index (Phi) is 4.50. The third-order valence-electron chi connectivity index (χ3n) is 1.68. The molecule has 0 aliphatic rings. The Hall–Kier alpha value is -1.85. The maximum absolute atomic E-state index is 13.1. The fourth-order valence-electron chi connectivity index (χ4n) is 0.928. The van der Waals surface area contributed by atoms with E-state index in [0.29, 0.717) is 10.0 Å². The van der Waals surface area contributed by atoms with Crippen molar-refractivity contribution in [3.05, 3.63) is 45.9 Å². The zero-order valence-electron chi connectivity index (χ0n) is 8.08. The van der Waals surface area contributed by atoms with Crippen LogP contribution < -0.4 is 0 Å². The summed E-state index contributed by atoms with van der Waals surface area (Å²) in [6.45, 7) is 0.108. The normalized spacial score (nSPS) is 8.75. The molecular formula is C11H6BrFN2O. The molecule has 16 heavy (non-hydrogen) atoms. The molecule has 0 radical (unpaired) electrons. The average Bonchev–Trinajstić information content (AvgIpc) is 2.29. The number of nitrogens with zero attached hydrogens (tertiary/aromatic N) is 2. The highest BCUT2D eigenvalue weighted by molar-refractivity contribution is 9.10. The van der Waals surface area contributed by atoms with Crippen LogP contribution in [0.5, 0.6) is 0 Å². The van der Waals surface area contributed by atoms with Crippen LogP contribution in [0.2, 0.25) is 0 Å². The first-order chi connectivity index (χ1) is 7.67. The zero-order chi connectivity index (χ0) is 12.0. The monoisotopic (exact) mass is 280 g/mol. The van der Waals surface area contributed by atoms with Crippen molar-refractivity contribution in [2.45, 2.75) is 6.61 Å². The average molecular weight is 281 g/mol. The van der Waals surface area contributed by atoms with Gasteiger partial charge in [-0.15, -0.1) is 0 Å². The molecule has 80 valence electrons. The predicted molar refractivity (Wildman–Crippen MR) is 58.2 cm³/mol. The molecule has 0 bridgehead atoms. The molecule has 0 spiro atoms. The molecule has 1 rings (SSSR count). The van der Waals surface area contributed by atoms with Crippen LogP contribution >= 0.6 is 15.9 Å². The molecule has 0 N–H and O–H groups in total. The van der Waals surface area contributed by atoms with Gasteiger partial charge in [0, 0.05) is 0 Å². The number of benzene rings is 1. The molecule has 0 fully saturated rings. The molecule has 0 heterocycles. The van der Waals surface area contributed by atoms with Crippen molar-refractivity contribution in [3.8, 4) is 12.1 Å². The lowest BCUT2D eigenvalue weighted by Gasteiger charge is -2.02. The second kappa shape index (κ2) is 5.89. The van der Waals surface area contributed by atoms with E-state index in [2.05, 4.69) is 15.9 Å². The number of nitriles is 2. The number of hydrogen-bond acceptors (Lipinski definition) is 3. The van der Waals surface area contributed by atoms with Gasteiger partial charge in [0.2, 0.25) is 0 Å². The van der Waals surface area contributed by atoms with Gasteiger partial charge in [0.05, 0.1) is 4.47 Å². The number of halogens is 2. The smallest absolute Gasteiger partial charge is 0.164 e. The highest BCUT2D eigenvalue weighted by Gasteiger charge is 2.00. The number of allylic oxidation sites excluding steroid dienone is 1. The molecule has 5 heteroatoms. The minimum absolute atomic E-state index is 0.108. The summed E-state index contributed by atoms with van der Waals surface area (Å²) in [6.07, 6.45) is 1.06. The van der Waals surface area contributed by atoms with E-state index in [1.54, 1.807) is 24.3 Å². The van der Waals surface area contributed by atoms with Gasteiger partial charge in [0.15, 0.2) is 5.57 Å². The van der Waals surface area contributed by atoms with Gasteiger partial charge in [-0.1, -0.05) is 6.07 Å². The molecule has 0 amide bonds. The fourth-order valence-corrected chi connectivity index (χ4v) is 1.17. The van der Waals surface area contributed by atoms with Gasteiger partial charge in [-0.2, -0.15) is 10.5 Å². The Morgan fingerprint density at radius 2 is 2.12 bits per heavy atom. The molecule has 0 saturated heterocycles. The number of rotatable bonds is 3. The van der Waals surface area contributed by atoms with E-state index in [0.717, 1.165) is 6.26 Å². The Labute approximate surface area is 100 Å². The predicted octanol–water partition coefficient (Wildman–Crippen LogP) is 3.04. The van der Waals surface area contributed by atoms with Crippen molar-refractivity contribution in [2.75, 3.05) is 0 Å². The van der Waals surface area contributed by atoms with Crippen molar-refractivity contribution < 1.29 is 9.13 Å². The van der Waals surface area contributed by atoms with Crippen molar-refractivity contribution in [3.63, 3.8) is 0 Å². The van der Waals surface area contributed by atoms with Gasteiger partial charge >= 0.3 is 0 Å². The molecule has 0 aliphatic carbocycles. The maximum atomic E-state index is 13.1. The first-order valence-corrected chi connectivity index (χ1v) is 5.02. The van der Waals surface area contributed by atoms with Gasteiger partial charge in [-0.3, -0.25) is 0 Å². The Morgan fingerprint density at radius 3 is 2.69 bits per heavy atom. The molecular weight excluding hydrogens is 275 g/mol. The van der Waals surface area contributed by atoms with E-state index in [-0.39, 0.29) is 18.0 Å². The van der Waals surface area contributed by atoms with Crippen LogP contribution in [0.25, 0.3) is 0 Å². The molecule has 0 atom stereocenters. The third-order valence-corrected chi connectivity index (χ3v) is 2.32. The minimum atomic E-state index is -0.383. The Morgan fingerprint density at radius 1 is 1.44 bits per heavy atom. The zero-order valence-corrected chi connectivity index (χ0v) is 9.66. The van der Waals surface area contributed by atoms with Crippen molar-refractivity contribution >= 4 is 15.9 Å². The van der Waals surface area contributed by atoms with E-state index in [9.17, 15) is 4.39 Å². The first kappa shape index (κ1) is 12.2. The lowest BCUT2D eigenvalue weighted by molar-refractivity contribution is 0.235. The van der Waals surface area contributed by atoms with E-state index < -0.39 is 0 Å². The topological polar surface area (TPSA) is 56.8 Å². The molecule has 0 aromatic heterocycles. The van der Waals surface area contributed by atoms with Crippen LogP contribution in [0, 0.1) is 28.5 Å². The largest absolute Gasteiger partial charge is 0.494 e. The van der Waals surface area contributed by atoms with Gasteiger partial charge in [0.25, 0.3) is 0 Å². The number of ether oxygens (including phenoxy) is 1. The maximum Gasteiger partial charge on any atom is 0.164 e. The summed E-state index contributed by atoms with van der Waals surface area (Å²) in [6, 6.07) is 7.86. The molecule has 0 saturated carbocycles. The number of hydrogen-bond donors (Lipinski definition) is 0.